The molecule has 5 nitrogen and oxygen atoms in total. The molecule has 5 heteroatoms. The van der Waals surface area contributed by atoms with Crippen LogP contribution in [-0.2, 0) is 0 Å². The minimum atomic E-state index is -0.356. The molecule has 2 aromatic rings. The van der Waals surface area contributed by atoms with Crippen molar-refractivity contribution >= 4 is 5.91 Å². The SMILES string of the molecule is CCC(N)(CC)CNC(=O)c1ccc(-c2ccco2)nc1C. The minimum Gasteiger partial charge on any atom is -0.463 e. The summed E-state index contributed by atoms with van der Waals surface area (Å²) < 4.78 is 5.32. The molecule has 0 aliphatic carbocycles. The van der Waals surface area contributed by atoms with Crippen LogP contribution in [-0.4, -0.2) is 23.0 Å². The number of furan rings is 1. The number of hydrogen-bond donors (Lipinski definition) is 2. The monoisotopic (exact) mass is 301 g/mol. The van der Waals surface area contributed by atoms with Crippen LogP contribution in [0.25, 0.3) is 11.5 Å². The van der Waals surface area contributed by atoms with Crippen LogP contribution in [0.15, 0.2) is 34.9 Å². The maximum Gasteiger partial charge on any atom is 0.253 e. The van der Waals surface area contributed by atoms with Crippen molar-refractivity contribution in [3.63, 3.8) is 0 Å². The van der Waals surface area contributed by atoms with Crippen molar-refractivity contribution in [3.8, 4) is 11.5 Å². The Labute approximate surface area is 130 Å². The van der Waals surface area contributed by atoms with Gasteiger partial charge in [-0.15, -0.1) is 0 Å². The number of carbonyl (C=O) groups is 1. The van der Waals surface area contributed by atoms with E-state index in [-0.39, 0.29) is 11.4 Å². The van der Waals surface area contributed by atoms with Crippen LogP contribution in [0.1, 0.15) is 42.7 Å². The highest BCUT2D eigenvalue weighted by atomic mass is 16.3. The van der Waals surface area contributed by atoms with E-state index < -0.39 is 0 Å². The third-order valence-corrected chi connectivity index (χ3v) is 4.11. The number of pyridine rings is 1. The van der Waals surface area contributed by atoms with Crippen LogP contribution in [0.4, 0.5) is 0 Å². The van der Waals surface area contributed by atoms with E-state index in [0.29, 0.717) is 29.3 Å². The van der Waals surface area contributed by atoms with Gasteiger partial charge in [-0.2, -0.15) is 0 Å². The molecular weight excluding hydrogens is 278 g/mol. The Morgan fingerprint density at radius 1 is 1.32 bits per heavy atom. The summed E-state index contributed by atoms with van der Waals surface area (Å²) in [5.41, 5.74) is 7.80. The van der Waals surface area contributed by atoms with E-state index in [0.717, 1.165) is 12.8 Å². The van der Waals surface area contributed by atoms with E-state index in [4.69, 9.17) is 10.2 Å². The quantitative estimate of drug-likeness (QED) is 0.859. The fourth-order valence-corrected chi connectivity index (χ4v) is 2.21. The molecule has 1 amide bonds. The summed E-state index contributed by atoms with van der Waals surface area (Å²) in [4.78, 5) is 16.7. The second kappa shape index (κ2) is 6.75. The molecule has 0 bridgehead atoms. The molecular formula is C17H23N3O2. The summed E-state index contributed by atoms with van der Waals surface area (Å²) in [6, 6.07) is 7.21. The molecule has 0 atom stereocenters. The number of nitrogens with two attached hydrogens (primary N) is 1. The van der Waals surface area contributed by atoms with Gasteiger partial charge in [-0.1, -0.05) is 13.8 Å². The molecule has 2 rings (SSSR count). The predicted molar refractivity (Wildman–Crippen MR) is 86.5 cm³/mol. The number of nitrogens with zero attached hydrogens (tertiary/aromatic N) is 1. The molecule has 22 heavy (non-hydrogen) atoms. The van der Waals surface area contributed by atoms with Gasteiger partial charge in [0.25, 0.3) is 5.91 Å². The number of aromatic nitrogens is 1. The highest BCUT2D eigenvalue weighted by Crippen LogP contribution is 2.19. The van der Waals surface area contributed by atoms with Crippen LogP contribution in [0, 0.1) is 6.92 Å². The Hall–Kier alpha value is -2.14. The number of hydrogen-bond acceptors (Lipinski definition) is 4. The Kier molecular flexibility index (Phi) is 4.98. The molecule has 0 saturated heterocycles. The lowest BCUT2D eigenvalue weighted by molar-refractivity contribution is 0.0941. The lowest BCUT2D eigenvalue weighted by atomic mass is 9.94. The molecule has 0 spiro atoms. The van der Waals surface area contributed by atoms with E-state index in [9.17, 15) is 4.79 Å². The van der Waals surface area contributed by atoms with Crippen molar-refractivity contribution in [2.75, 3.05) is 6.54 Å². The van der Waals surface area contributed by atoms with Gasteiger partial charge in [-0.05, 0) is 44.0 Å². The highest BCUT2D eigenvalue weighted by molar-refractivity contribution is 5.95. The molecule has 0 saturated carbocycles. The first-order chi connectivity index (χ1) is 10.5. The third-order valence-electron chi connectivity index (χ3n) is 4.11. The van der Waals surface area contributed by atoms with Gasteiger partial charge in [-0.3, -0.25) is 4.79 Å². The van der Waals surface area contributed by atoms with Gasteiger partial charge < -0.3 is 15.5 Å². The first-order valence-corrected chi connectivity index (χ1v) is 7.57. The van der Waals surface area contributed by atoms with Crippen LogP contribution in [0.2, 0.25) is 0 Å². The average Bonchev–Trinajstić information content (AvgIpc) is 3.06. The Bertz CT molecular complexity index is 631. The number of carbonyl (C=O) groups excluding carboxylic acids is 1. The fourth-order valence-electron chi connectivity index (χ4n) is 2.21. The molecule has 3 N–H and O–H groups in total. The standard InChI is InChI=1S/C17H23N3O2/c1-4-17(18,5-2)11-19-16(21)13-8-9-14(20-12(13)3)15-7-6-10-22-15/h6-10H,4-5,11,18H2,1-3H3,(H,19,21). The molecule has 0 aliphatic heterocycles. The minimum absolute atomic E-state index is 0.146. The van der Waals surface area contributed by atoms with E-state index in [1.54, 1.807) is 18.4 Å². The van der Waals surface area contributed by atoms with Crippen LogP contribution < -0.4 is 11.1 Å². The van der Waals surface area contributed by atoms with Crippen molar-refractivity contribution < 1.29 is 9.21 Å². The van der Waals surface area contributed by atoms with Gasteiger partial charge in [-0.25, -0.2) is 4.98 Å². The molecule has 2 aromatic heterocycles. The molecule has 0 unspecified atom stereocenters. The van der Waals surface area contributed by atoms with Crippen molar-refractivity contribution in [3.05, 3.63) is 41.8 Å². The molecule has 0 aliphatic rings. The van der Waals surface area contributed by atoms with Gasteiger partial charge in [0.1, 0.15) is 5.69 Å². The first-order valence-electron chi connectivity index (χ1n) is 7.57. The second-order valence-electron chi connectivity index (χ2n) is 5.56. The van der Waals surface area contributed by atoms with Crippen molar-refractivity contribution in [2.45, 2.75) is 39.2 Å². The van der Waals surface area contributed by atoms with Crippen molar-refractivity contribution in [1.82, 2.24) is 10.3 Å². The summed E-state index contributed by atoms with van der Waals surface area (Å²) in [7, 11) is 0. The van der Waals surface area contributed by atoms with E-state index in [1.807, 2.05) is 32.9 Å². The first kappa shape index (κ1) is 16.2. The maximum absolute atomic E-state index is 12.3. The topological polar surface area (TPSA) is 81.1 Å². The molecule has 0 aromatic carbocycles. The van der Waals surface area contributed by atoms with Gasteiger partial charge in [0, 0.05) is 12.1 Å². The normalized spacial score (nSPS) is 11.5. The summed E-state index contributed by atoms with van der Waals surface area (Å²) >= 11 is 0. The van der Waals surface area contributed by atoms with Gasteiger partial charge >= 0.3 is 0 Å². The largest absolute Gasteiger partial charge is 0.463 e. The Morgan fingerprint density at radius 2 is 2.05 bits per heavy atom. The zero-order chi connectivity index (χ0) is 16.2. The van der Waals surface area contributed by atoms with Crippen LogP contribution in [0.5, 0.6) is 0 Å². The van der Waals surface area contributed by atoms with Crippen LogP contribution in [0.3, 0.4) is 0 Å². The lowest BCUT2D eigenvalue weighted by Crippen LogP contribution is -2.49. The highest BCUT2D eigenvalue weighted by Gasteiger charge is 2.22. The zero-order valence-corrected chi connectivity index (χ0v) is 13.3. The van der Waals surface area contributed by atoms with Gasteiger partial charge in [0.15, 0.2) is 5.76 Å². The second-order valence-corrected chi connectivity index (χ2v) is 5.56. The predicted octanol–water partition coefficient (Wildman–Crippen LogP) is 2.90. The third kappa shape index (κ3) is 3.54. The number of amides is 1. The van der Waals surface area contributed by atoms with Crippen molar-refractivity contribution in [1.29, 1.82) is 0 Å². The van der Waals surface area contributed by atoms with Crippen LogP contribution >= 0.6 is 0 Å². The van der Waals surface area contributed by atoms with Gasteiger partial charge in [0.2, 0.25) is 0 Å². The van der Waals surface area contributed by atoms with E-state index in [1.165, 1.54) is 0 Å². The Morgan fingerprint density at radius 3 is 2.59 bits per heavy atom. The average molecular weight is 301 g/mol. The zero-order valence-electron chi connectivity index (χ0n) is 13.3. The number of aryl methyl sites for hydroxylation is 1. The summed E-state index contributed by atoms with van der Waals surface area (Å²) in [5.74, 6) is 0.542. The summed E-state index contributed by atoms with van der Waals surface area (Å²) in [6.45, 7) is 6.33. The van der Waals surface area contributed by atoms with Crippen molar-refractivity contribution in [2.24, 2.45) is 5.73 Å². The van der Waals surface area contributed by atoms with Gasteiger partial charge in [0.05, 0.1) is 17.5 Å². The molecule has 0 radical (unpaired) electrons. The van der Waals surface area contributed by atoms with E-state index >= 15 is 0 Å². The molecule has 2 heterocycles. The van der Waals surface area contributed by atoms with E-state index in [2.05, 4.69) is 10.3 Å². The fraction of sp³-hybridized carbons (Fsp3) is 0.412. The summed E-state index contributed by atoms with van der Waals surface area (Å²) in [5, 5.41) is 2.91. The lowest BCUT2D eigenvalue weighted by Gasteiger charge is -2.26. The Balaban J connectivity index is 2.11. The smallest absolute Gasteiger partial charge is 0.253 e. The number of nitrogens with one attached hydrogen (secondary N) is 1. The summed E-state index contributed by atoms with van der Waals surface area (Å²) in [6.07, 6.45) is 3.24. The molecule has 0 fully saturated rings. The molecule has 118 valence electrons. The maximum atomic E-state index is 12.3. The number of rotatable bonds is 6.